The number of aromatic nitrogens is 4. The Bertz CT molecular complexity index is 506. The highest BCUT2D eigenvalue weighted by Gasteiger charge is 2.17. The largest absolute Gasteiger partial charge is 0.313 e. The van der Waals surface area contributed by atoms with Crippen LogP contribution in [0.4, 0.5) is 0 Å². The molecule has 0 spiro atoms. The van der Waals surface area contributed by atoms with Crippen LogP contribution in [-0.4, -0.2) is 32.8 Å². The molecule has 108 valence electrons. The molecule has 1 unspecified atom stereocenters. The summed E-state index contributed by atoms with van der Waals surface area (Å²) in [6.45, 7) is 7.65. The zero-order chi connectivity index (χ0) is 14.4. The van der Waals surface area contributed by atoms with E-state index in [1.54, 1.807) is 0 Å². The SMILES string of the molecule is CCCNC(Cc1nnnn1-c1ccccc1)C(C)C. The van der Waals surface area contributed by atoms with Crippen LogP contribution in [0, 0.1) is 5.92 Å². The third kappa shape index (κ3) is 3.63. The Morgan fingerprint density at radius 2 is 1.95 bits per heavy atom. The van der Waals surface area contributed by atoms with Crippen molar-refractivity contribution in [1.82, 2.24) is 25.5 Å². The number of rotatable bonds is 7. The van der Waals surface area contributed by atoms with Crippen LogP contribution in [0.2, 0.25) is 0 Å². The third-order valence-corrected chi connectivity index (χ3v) is 3.40. The van der Waals surface area contributed by atoms with E-state index in [0.29, 0.717) is 12.0 Å². The monoisotopic (exact) mass is 273 g/mol. The topological polar surface area (TPSA) is 55.6 Å². The molecular formula is C15H23N5. The average Bonchev–Trinajstić information content (AvgIpc) is 2.92. The van der Waals surface area contributed by atoms with E-state index in [2.05, 4.69) is 41.6 Å². The molecule has 5 heteroatoms. The number of para-hydroxylation sites is 1. The molecule has 0 bridgehead atoms. The molecule has 0 saturated carbocycles. The van der Waals surface area contributed by atoms with E-state index < -0.39 is 0 Å². The molecule has 20 heavy (non-hydrogen) atoms. The van der Waals surface area contributed by atoms with Crippen LogP contribution >= 0.6 is 0 Å². The Morgan fingerprint density at radius 3 is 2.60 bits per heavy atom. The van der Waals surface area contributed by atoms with Gasteiger partial charge in [-0.25, -0.2) is 0 Å². The van der Waals surface area contributed by atoms with E-state index in [1.807, 2.05) is 35.0 Å². The number of benzene rings is 1. The van der Waals surface area contributed by atoms with Crippen molar-refractivity contribution in [2.45, 2.75) is 39.7 Å². The molecule has 2 rings (SSSR count). The summed E-state index contributed by atoms with van der Waals surface area (Å²) in [7, 11) is 0. The summed E-state index contributed by atoms with van der Waals surface area (Å²) >= 11 is 0. The molecule has 1 atom stereocenters. The maximum Gasteiger partial charge on any atom is 0.158 e. The fourth-order valence-corrected chi connectivity index (χ4v) is 2.17. The molecule has 1 N–H and O–H groups in total. The number of hydrogen-bond donors (Lipinski definition) is 1. The zero-order valence-corrected chi connectivity index (χ0v) is 12.5. The number of hydrogen-bond acceptors (Lipinski definition) is 4. The van der Waals surface area contributed by atoms with E-state index >= 15 is 0 Å². The van der Waals surface area contributed by atoms with E-state index in [1.165, 1.54) is 0 Å². The van der Waals surface area contributed by atoms with Crippen molar-refractivity contribution in [3.8, 4) is 5.69 Å². The Hall–Kier alpha value is -1.75. The Balaban J connectivity index is 2.15. The van der Waals surface area contributed by atoms with Gasteiger partial charge in [0.25, 0.3) is 0 Å². The van der Waals surface area contributed by atoms with E-state index in [9.17, 15) is 0 Å². The van der Waals surface area contributed by atoms with Crippen molar-refractivity contribution >= 4 is 0 Å². The average molecular weight is 273 g/mol. The van der Waals surface area contributed by atoms with Gasteiger partial charge in [-0.1, -0.05) is 39.0 Å². The summed E-state index contributed by atoms with van der Waals surface area (Å²) in [5.74, 6) is 1.45. The first kappa shape index (κ1) is 14.7. The van der Waals surface area contributed by atoms with Gasteiger partial charge in [-0.2, -0.15) is 4.68 Å². The maximum absolute atomic E-state index is 4.18. The zero-order valence-electron chi connectivity index (χ0n) is 12.5. The van der Waals surface area contributed by atoms with Gasteiger partial charge < -0.3 is 5.32 Å². The molecule has 0 fully saturated rings. The number of nitrogens with one attached hydrogen (secondary N) is 1. The van der Waals surface area contributed by atoms with Gasteiger partial charge in [-0.05, 0) is 41.4 Å². The lowest BCUT2D eigenvalue weighted by molar-refractivity contribution is 0.389. The first-order chi connectivity index (χ1) is 9.72. The summed E-state index contributed by atoms with van der Waals surface area (Å²) in [5, 5.41) is 15.7. The quantitative estimate of drug-likeness (QED) is 0.840. The van der Waals surface area contributed by atoms with Gasteiger partial charge in [0.2, 0.25) is 0 Å². The lowest BCUT2D eigenvalue weighted by Gasteiger charge is -2.21. The minimum absolute atomic E-state index is 0.392. The molecule has 0 radical (unpaired) electrons. The molecule has 0 aliphatic carbocycles. The van der Waals surface area contributed by atoms with Crippen LogP contribution in [0.1, 0.15) is 33.0 Å². The highest BCUT2D eigenvalue weighted by Crippen LogP contribution is 2.12. The van der Waals surface area contributed by atoms with E-state index in [-0.39, 0.29) is 0 Å². The maximum atomic E-state index is 4.18. The molecule has 2 aromatic rings. The van der Waals surface area contributed by atoms with Crippen molar-refractivity contribution in [3.05, 3.63) is 36.2 Å². The normalized spacial score (nSPS) is 12.8. The molecule has 1 aromatic heterocycles. The highest BCUT2D eigenvalue weighted by atomic mass is 15.5. The smallest absolute Gasteiger partial charge is 0.158 e. The van der Waals surface area contributed by atoms with Crippen LogP contribution < -0.4 is 5.32 Å². The summed E-state index contributed by atoms with van der Waals surface area (Å²) in [5.41, 5.74) is 1.01. The molecule has 0 aliphatic rings. The second-order valence-corrected chi connectivity index (χ2v) is 5.35. The van der Waals surface area contributed by atoms with Crippen molar-refractivity contribution in [2.75, 3.05) is 6.54 Å². The predicted octanol–water partition coefficient (Wildman–Crippen LogP) is 2.23. The van der Waals surface area contributed by atoms with Gasteiger partial charge in [-0.15, -0.1) is 5.10 Å². The molecule has 0 amide bonds. The summed E-state index contributed by atoms with van der Waals surface area (Å²) in [6, 6.07) is 10.4. The molecule has 1 heterocycles. The molecule has 0 aliphatic heterocycles. The van der Waals surface area contributed by atoms with Crippen LogP contribution in [0.3, 0.4) is 0 Å². The standard InChI is InChI=1S/C15H23N5/c1-4-10-16-14(12(2)3)11-15-17-18-19-20(15)13-8-6-5-7-9-13/h5-9,12,14,16H,4,10-11H2,1-3H3. The Kier molecular flexibility index (Phi) is 5.24. The van der Waals surface area contributed by atoms with Gasteiger partial charge in [-0.3, -0.25) is 0 Å². The van der Waals surface area contributed by atoms with Gasteiger partial charge in [0.15, 0.2) is 5.82 Å². The number of tetrazole rings is 1. The molecule has 1 aromatic carbocycles. The minimum Gasteiger partial charge on any atom is -0.313 e. The first-order valence-corrected chi connectivity index (χ1v) is 7.28. The van der Waals surface area contributed by atoms with Gasteiger partial charge >= 0.3 is 0 Å². The van der Waals surface area contributed by atoms with Crippen LogP contribution in [0.15, 0.2) is 30.3 Å². The van der Waals surface area contributed by atoms with Gasteiger partial charge in [0.05, 0.1) is 5.69 Å². The molecular weight excluding hydrogens is 250 g/mol. The summed E-state index contributed by atoms with van der Waals surface area (Å²) in [6.07, 6.45) is 1.96. The lowest BCUT2D eigenvalue weighted by atomic mass is 10.0. The summed E-state index contributed by atoms with van der Waals surface area (Å²) in [4.78, 5) is 0. The van der Waals surface area contributed by atoms with Crippen molar-refractivity contribution in [1.29, 1.82) is 0 Å². The van der Waals surface area contributed by atoms with Crippen molar-refractivity contribution in [3.63, 3.8) is 0 Å². The number of nitrogens with zero attached hydrogens (tertiary/aromatic N) is 4. The van der Waals surface area contributed by atoms with Crippen molar-refractivity contribution < 1.29 is 0 Å². The summed E-state index contributed by atoms with van der Waals surface area (Å²) < 4.78 is 1.82. The highest BCUT2D eigenvalue weighted by molar-refractivity contribution is 5.30. The fourth-order valence-electron chi connectivity index (χ4n) is 2.17. The van der Waals surface area contributed by atoms with E-state index in [0.717, 1.165) is 30.9 Å². The predicted molar refractivity (Wildman–Crippen MR) is 79.8 cm³/mol. The third-order valence-electron chi connectivity index (χ3n) is 3.40. The second kappa shape index (κ2) is 7.14. The molecule has 0 saturated heterocycles. The first-order valence-electron chi connectivity index (χ1n) is 7.28. The molecule has 5 nitrogen and oxygen atoms in total. The van der Waals surface area contributed by atoms with Gasteiger partial charge in [0, 0.05) is 12.5 Å². The van der Waals surface area contributed by atoms with Crippen molar-refractivity contribution in [2.24, 2.45) is 5.92 Å². The Labute approximate surface area is 120 Å². The van der Waals surface area contributed by atoms with Crippen LogP contribution in [0.25, 0.3) is 5.69 Å². The van der Waals surface area contributed by atoms with Gasteiger partial charge in [0.1, 0.15) is 0 Å². The Morgan fingerprint density at radius 1 is 1.20 bits per heavy atom. The fraction of sp³-hybridized carbons (Fsp3) is 0.533. The second-order valence-electron chi connectivity index (χ2n) is 5.35. The minimum atomic E-state index is 0.392. The lowest BCUT2D eigenvalue weighted by Crippen LogP contribution is -2.37. The van der Waals surface area contributed by atoms with E-state index in [4.69, 9.17) is 0 Å². The van der Waals surface area contributed by atoms with Crippen LogP contribution in [0.5, 0.6) is 0 Å². The van der Waals surface area contributed by atoms with Crippen LogP contribution in [-0.2, 0) is 6.42 Å².